The molecule has 0 aromatic rings. The van der Waals surface area contributed by atoms with Crippen LogP contribution >= 0.6 is 24.0 Å². The molecule has 0 aliphatic heterocycles. The number of amides is 1. The quantitative estimate of drug-likeness (QED) is 0.183. The molecule has 156 valence electrons. The fourth-order valence-corrected chi connectivity index (χ4v) is 2.67. The summed E-state index contributed by atoms with van der Waals surface area (Å²) in [6, 6.07) is 1.11. The zero-order valence-corrected chi connectivity index (χ0v) is 20.4. The van der Waals surface area contributed by atoms with Crippen LogP contribution in [-0.4, -0.2) is 61.6 Å². The predicted octanol–water partition coefficient (Wildman–Crippen LogP) is 2.83. The molecule has 0 radical (unpaired) electrons. The number of hydrogen-bond acceptors (Lipinski definition) is 3. The van der Waals surface area contributed by atoms with Gasteiger partial charge in [-0.2, -0.15) is 0 Å². The molecule has 6 nitrogen and oxygen atoms in total. The summed E-state index contributed by atoms with van der Waals surface area (Å²) in [7, 11) is 0. The molecule has 0 aromatic carbocycles. The highest BCUT2D eigenvalue weighted by Gasteiger charge is 2.26. The van der Waals surface area contributed by atoms with Crippen LogP contribution in [0.25, 0.3) is 0 Å². The van der Waals surface area contributed by atoms with E-state index in [4.69, 9.17) is 0 Å². The van der Waals surface area contributed by atoms with E-state index in [2.05, 4.69) is 53.5 Å². The average Bonchev–Trinajstić information content (AvgIpc) is 2.51. The molecule has 0 aliphatic carbocycles. The van der Waals surface area contributed by atoms with Gasteiger partial charge >= 0.3 is 0 Å². The van der Waals surface area contributed by atoms with Gasteiger partial charge in [0.1, 0.15) is 0 Å². The lowest BCUT2D eigenvalue weighted by atomic mass is 9.92. The first kappa shape index (κ1) is 27.6. The SMILES string of the molecule is CCNC(=O)C(C)(C)CN=C(NCC)NCCCN(C(C)C)C(C)C.I. The number of hydrogen-bond donors (Lipinski definition) is 3. The summed E-state index contributed by atoms with van der Waals surface area (Å²) in [5, 5.41) is 9.50. The summed E-state index contributed by atoms with van der Waals surface area (Å²) < 4.78 is 0. The van der Waals surface area contributed by atoms with Crippen LogP contribution in [0.4, 0.5) is 0 Å². The third-order valence-electron chi connectivity index (χ3n) is 4.14. The van der Waals surface area contributed by atoms with E-state index in [-0.39, 0.29) is 29.9 Å². The first-order chi connectivity index (χ1) is 11.7. The predicted molar refractivity (Wildman–Crippen MR) is 123 cm³/mol. The van der Waals surface area contributed by atoms with Crippen molar-refractivity contribution in [3.8, 4) is 0 Å². The van der Waals surface area contributed by atoms with E-state index in [1.165, 1.54) is 0 Å². The van der Waals surface area contributed by atoms with E-state index in [9.17, 15) is 4.79 Å². The van der Waals surface area contributed by atoms with Crippen LogP contribution in [-0.2, 0) is 4.79 Å². The maximum absolute atomic E-state index is 12.1. The molecule has 0 saturated heterocycles. The number of nitrogens with one attached hydrogen (secondary N) is 3. The summed E-state index contributed by atoms with van der Waals surface area (Å²) in [5.74, 6) is 0.819. The van der Waals surface area contributed by atoms with Gasteiger partial charge in [0.05, 0.1) is 12.0 Å². The highest BCUT2D eigenvalue weighted by Crippen LogP contribution is 2.15. The van der Waals surface area contributed by atoms with Gasteiger partial charge in [-0.1, -0.05) is 0 Å². The van der Waals surface area contributed by atoms with Crippen LogP contribution in [0, 0.1) is 5.41 Å². The van der Waals surface area contributed by atoms with Crippen LogP contribution in [0.2, 0.25) is 0 Å². The van der Waals surface area contributed by atoms with Crippen molar-refractivity contribution in [2.24, 2.45) is 10.4 Å². The van der Waals surface area contributed by atoms with E-state index < -0.39 is 5.41 Å². The summed E-state index contributed by atoms with van der Waals surface area (Å²) in [6.45, 7) is 20.6. The van der Waals surface area contributed by atoms with Crippen molar-refractivity contribution in [1.29, 1.82) is 0 Å². The zero-order valence-electron chi connectivity index (χ0n) is 18.1. The Balaban J connectivity index is 0. The topological polar surface area (TPSA) is 68.8 Å². The number of aliphatic imine (C=N–C) groups is 1. The Morgan fingerprint density at radius 1 is 1.00 bits per heavy atom. The lowest BCUT2D eigenvalue weighted by molar-refractivity contribution is -0.128. The highest BCUT2D eigenvalue weighted by atomic mass is 127. The second-order valence-corrected chi connectivity index (χ2v) is 7.64. The molecule has 3 N–H and O–H groups in total. The summed E-state index contributed by atoms with van der Waals surface area (Å²) in [4.78, 5) is 19.2. The number of halogens is 1. The van der Waals surface area contributed by atoms with Crippen LogP contribution in [0.3, 0.4) is 0 Å². The molecule has 0 rings (SSSR count). The number of carbonyl (C=O) groups is 1. The zero-order chi connectivity index (χ0) is 19.5. The molecule has 0 aromatic heterocycles. The minimum Gasteiger partial charge on any atom is -0.357 e. The Bertz CT molecular complexity index is 403. The minimum absolute atomic E-state index is 0. The van der Waals surface area contributed by atoms with Crippen molar-refractivity contribution in [1.82, 2.24) is 20.9 Å². The number of guanidine groups is 1. The smallest absolute Gasteiger partial charge is 0.227 e. The molecule has 0 fully saturated rings. The van der Waals surface area contributed by atoms with Gasteiger partial charge in [-0.15, -0.1) is 24.0 Å². The third-order valence-corrected chi connectivity index (χ3v) is 4.14. The Kier molecular flexibility index (Phi) is 15.4. The lowest BCUT2D eigenvalue weighted by Crippen LogP contribution is -2.43. The van der Waals surface area contributed by atoms with Gasteiger partial charge in [0.2, 0.25) is 5.91 Å². The fraction of sp³-hybridized carbons (Fsp3) is 0.895. The standard InChI is InChI=1S/C19H41N5O.HI/c1-9-20-17(25)19(7,8)14-23-18(21-10-2)22-12-11-13-24(15(3)4)16(5)6;/h15-16H,9-14H2,1-8H3,(H,20,25)(H2,21,22,23);1H. The van der Waals surface area contributed by atoms with E-state index in [0.717, 1.165) is 32.0 Å². The fourth-order valence-electron chi connectivity index (χ4n) is 2.67. The Morgan fingerprint density at radius 2 is 1.54 bits per heavy atom. The highest BCUT2D eigenvalue weighted by molar-refractivity contribution is 14.0. The molecule has 0 unspecified atom stereocenters. The van der Waals surface area contributed by atoms with Crippen LogP contribution < -0.4 is 16.0 Å². The van der Waals surface area contributed by atoms with Gasteiger partial charge in [0.25, 0.3) is 0 Å². The van der Waals surface area contributed by atoms with Crippen LogP contribution in [0.1, 0.15) is 61.8 Å². The normalized spacial score (nSPS) is 12.3. The van der Waals surface area contributed by atoms with E-state index >= 15 is 0 Å². The molecule has 1 amide bonds. The molecule has 0 heterocycles. The monoisotopic (exact) mass is 483 g/mol. The van der Waals surface area contributed by atoms with Crippen molar-refractivity contribution in [2.45, 2.75) is 73.9 Å². The summed E-state index contributed by atoms with van der Waals surface area (Å²) in [6.07, 6.45) is 1.06. The van der Waals surface area contributed by atoms with Crippen molar-refractivity contribution >= 4 is 35.8 Å². The molecular weight excluding hydrogens is 441 g/mol. The van der Waals surface area contributed by atoms with Gasteiger partial charge < -0.3 is 16.0 Å². The lowest BCUT2D eigenvalue weighted by Gasteiger charge is -2.30. The number of carbonyl (C=O) groups excluding carboxylic acids is 1. The van der Waals surface area contributed by atoms with Gasteiger partial charge in [0, 0.05) is 38.3 Å². The average molecular weight is 483 g/mol. The second kappa shape index (κ2) is 14.5. The molecule has 0 atom stereocenters. The summed E-state index contributed by atoms with van der Waals surface area (Å²) in [5.41, 5.74) is -0.509. The van der Waals surface area contributed by atoms with Gasteiger partial charge in [-0.05, 0) is 61.8 Å². The number of nitrogens with zero attached hydrogens (tertiary/aromatic N) is 2. The third kappa shape index (κ3) is 11.2. The molecule has 7 heteroatoms. The Morgan fingerprint density at radius 3 is 2.00 bits per heavy atom. The van der Waals surface area contributed by atoms with Gasteiger partial charge in [0.15, 0.2) is 5.96 Å². The minimum atomic E-state index is -0.509. The van der Waals surface area contributed by atoms with Crippen LogP contribution in [0.15, 0.2) is 4.99 Å². The number of rotatable bonds is 11. The molecule has 0 spiro atoms. The first-order valence-electron chi connectivity index (χ1n) is 9.71. The first-order valence-corrected chi connectivity index (χ1v) is 9.71. The summed E-state index contributed by atoms with van der Waals surface area (Å²) >= 11 is 0. The van der Waals surface area contributed by atoms with E-state index in [1.54, 1.807) is 0 Å². The van der Waals surface area contributed by atoms with Crippen molar-refractivity contribution < 1.29 is 4.79 Å². The Hall–Kier alpha value is -0.570. The molecule has 26 heavy (non-hydrogen) atoms. The molecule has 0 bridgehead atoms. The van der Waals surface area contributed by atoms with Gasteiger partial charge in [-0.3, -0.25) is 14.7 Å². The molecule has 0 aliphatic rings. The molecule has 0 saturated carbocycles. The largest absolute Gasteiger partial charge is 0.357 e. The van der Waals surface area contributed by atoms with Crippen molar-refractivity contribution in [3.05, 3.63) is 0 Å². The maximum atomic E-state index is 12.1. The Labute approximate surface area is 178 Å². The van der Waals surface area contributed by atoms with Crippen LogP contribution in [0.5, 0.6) is 0 Å². The van der Waals surface area contributed by atoms with E-state index in [0.29, 0.717) is 25.2 Å². The van der Waals surface area contributed by atoms with E-state index in [1.807, 2.05) is 27.7 Å². The molecular formula is C19H42IN5O. The van der Waals surface area contributed by atoms with Crippen molar-refractivity contribution in [2.75, 3.05) is 32.7 Å². The van der Waals surface area contributed by atoms with Gasteiger partial charge in [-0.25, -0.2) is 0 Å². The maximum Gasteiger partial charge on any atom is 0.227 e. The van der Waals surface area contributed by atoms with Crippen molar-refractivity contribution in [3.63, 3.8) is 0 Å². The second-order valence-electron chi connectivity index (χ2n) is 7.64.